The van der Waals surface area contributed by atoms with Gasteiger partial charge in [-0.25, -0.2) is 4.79 Å². The van der Waals surface area contributed by atoms with Crippen molar-refractivity contribution in [1.82, 2.24) is 5.32 Å². The summed E-state index contributed by atoms with van der Waals surface area (Å²) in [6, 6.07) is 13.7. The minimum absolute atomic E-state index is 0.0114. The van der Waals surface area contributed by atoms with E-state index in [2.05, 4.69) is 26.1 Å². The summed E-state index contributed by atoms with van der Waals surface area (Å²) in [4.78, 5) is 25.4. The molecular weight excluding hydrogens is 417 g/mol. The van der Waals surface area contributed by atoms with E-state index in [-0.39, 0.29) is 11.3 Å². The maximum absolute atomic E-state index is 12.9. The van der Waals surface area contributed by atoms with Crippen LogP contribution in [0.15, 0.2) is 48.5 Å². The number of methoxy groups -OCH3 is 1. The van der Waals surface area contributed by atoms with Gasteiger partial charge in [0, 0.05) is 5.56 Å². The highest BCUT2D eigenvalue weighted by molar-refractivity contribution is 6.62. The largest absolute Gasteiger partial charge is 0.494 e. The number of hydrogen-bond acceptors (Lipinski definition) is 5. The highest BCUT2D eigenvalue weighted by Crippen LogP contribution is 2.36. The Morgan fingerprint density at radius 3 is 1.88 bits per heavy atom. The molecule has 1 saturated heterocycles. The Labute approximate surface area is 197 Å². The Hall–Kier alpha value is -2.64. The van der Waals surface area contributed by atoms with Crippen LogP contribution in [0.1, 0.15) is 76.0 Å². The molecule has 1 unspecified atom stereocenters. The van der Waals surface area contributed by atoms with Crippen molar-refractivity contribution in [3.63, 3.8) is 0 Å². The molecule has 1 N–H and O–H groups in total. The standard InChI is InChI=1S/C26H34BNO5/c1-24(2,3)19-13-9-18(10-14-19)22(29)28-21(23(30)31-8)17-11-15-20(16-12-17)27-32-25(4,5)26(6,7)33-27/h9-16,21H,1-8H3,(H,28,29). The van der Waals surface area contributed by atoms with Crippen LogP contribution in [-0.4, -0.2) is 37.3 Å². The van der Waals surface area contributed by atoms with Gasteiger partial charge in [-0.15, -0.1) is 0 Å². The van der Waals surface area contributed by atoms with Gasteiger partial charge >= 0.3 is 13.1 Å². The van der Waals surface area contributed by atoms with Crippen molar-refractivity contribution >= 4 is 24.5 Å². The second kappa shape index (κ2) is 8.95. The number of hydrogen-bond donors (Lipinski definition) is 1. The number of nitrogens with one attached hydrogen (secondary N) is 1. The Balaban J connectivity index is 1.78. The zero-order valence-electron chi connectivity index (χ0n) is 20.8. The molecule has 3 rings (SSSR count). The summed E-state index contributed by atoms with van der Waals surface area (Å²) in [6.45, 7) is 14.3. The molecule has 2 aromatic carbocycles. The van der Waals surface area contributed by atoms with E-state index >= 15 is 0 Å². The molecule has 2 aromatic rings. The van der Waals surface area contributed by atoms with Gasteiger partial charge in [-0.1, -0.05) is 57.2 Å². The maximum Gasteiger partial charge on any atom is 0.494 e. The van der Waals surface area contributed by atoms with Crippen LogP contribution in [0.25, 0.3) is 0 Å². The van der Waals surface area contributed by atoms with Crippen molar-refractivity contribution in [3.8, 4) is 0 Å². The summed E-state index contributed by atoms with van der Waals surface area (Å²) in [6.07, 6.45) is 0. The molecule has 0 aliphatic carbocycles. The van der Waals surface area contributed by atoms with Crippen LogP contribution in [0.2, 0.25) is 0 Å². The predicted molar refractivity (Wildman–Crippen MR) is 130 cm³/mol. The predicted octanol–water partition coefficient (Wildman–Crippen LogP) is 3.93. The fourth-order valence-electron chi connectivity index (χ4n) is 3.56. The van der Waals surface area contributed by atoms with E-state index in [1.54, 1.807) is 24.3 Å². The summed E-state index contributed by atoms with van der Waals surface area (Å²) in [5.41, 5.74) is 2.16. The lowest BCUT2D eigenvalue weighted by Gasteiger charge is -2.32. The minimum atomic E-state index is -0.933. The molecule has 33 heavy (non-hydrogen) atoms. The first-order valence-electron chi connectivity index (χ1n) is 11.2. The van der Waals surface area contributed by atoms with E-state index in [1.807, 2.05) is 52.0 Å². The molecular formula is C26H34BNO5. The van der Waals surface area contributed by atoms with Gasteiger partial charge in [0.25, 0.3) is 5.91 Å². The Bertz CT molecular complexity index is 990. The number of carbonyl (C=O) groups is 2. The topological polar surface area (TPSA) is 73.9 Å². The summed E-state index contributed by atoms with van der Waals surface area (Å²) < 4.78 is 17.1. The third-order valence-corrected chi connectivity index (χ3v) is 6.52. The molecule has 0 saturated carbocycles. The summed E-state index contributed by atoms with van der Waals surface area (Å²) >= 11 is 0. The van der Waals surface area contributed by atoms with E-state index in [1.165, 1.54) is 7.11 Å². The molecule has 1 atom stereocenters. The first-order chi connectivity index (χ1) is 15.2. The summed E-state index contributed by atoms with van der Waals surface area (Å²) in [7, 11) is 0.801. The van der Waals surface area contributed by atoms with E-state index < -0.39 is 30.3 Å². The number of carbonyl (C=O) groups excluding carboxylic acids is 2. The van der Waals surface area contributed by atoms with Crippen LogP contribution in [0, 0.1) is 0 Å². The number of esters is 1. The van der Waals surface area contributed by atoms with Crippen molar-refractivity contribution < 1.29 is 23.6 Å². The molecule has 0 bridgehead atoms. The lowest BCUT2D eigenvalue weighted by Crippen LogP contribution is -2.41. The van der Waals surface area contributed by atoms with Gasteiger partial charge in [0.05, 0.1) is 18.3 Å². The van der Waals surface area contributed by atoms with Crippen molar-refractivity contribution in [3.05, 3.63) is 65.2 Å². The number of ether oxygens (including phenoxy) is 1. The smallest absolute Gasteiger partial charge is 0.467 e. The van der Waals surface area contributed by atoms with Crippen molar-refractivity contribution in [2.75, 3.05) is 7.11 Å². The average molecular weight is 451 g/mol. The first-order valence-corrected chi connectivity index (χ1v) is 11.2. The van der Waals surface area contributed by atoms with Gasteiger partial charge in [0.1, 0.15) is 0 Å². The number of rotatable bonds is 5. The Kier molecular flexibility index (Phi) is 6.78. The third kappa shape index (κ3) is 5.31. The SMILES string of the molecule is COC(=O)C(NC(=O)c1ccc(C(C)(C)C)cc1)c1ccc(B2OC(C)(C)C(C)(C)O2)cc1. The van der Waals surface area contributed by atoms with E-state index in [0.717, 1.165) is 11.0 Å². The Morgan fingerprint density at radius 2 is 1.42 bits per heavy atom. The monoisotopic (exact) mass is 451 g/mol. The zero-order chi connectivity index (χ0) is 24.6. The number of benzene rings is 2. The van der Waals surface area contributed by atoms with Crippen LogP contribution in [0.3, 0.4) is 0 Å². The molecule has 176 valence electrons. The van der Waals surface area contributed by atoms with Gasteiger partial charge in [-0.05, 0) is 61.8 Å². The fraction of sp³-hybridized carbons (Fsp3) is 0.462. The van der Waals surface area contributed by atoms with E-state index in [4.69, 9.17) is 14.0 Å². The maximum atomic E-state index is 12.9. The molecule has 0 spiro atoms. The zero-order valence-corrected chi connectivity index (χ0v) is 20.8. The van der Waals surface area contributed by atoms with Gasteiger partial charge in [-0.3, -0.25) is 4.79 Å². The van der Waals surface area contributed by atoms with Crippen molar-refractivity contribution in [2.24, 2.45) is 0 Å². The molecule has 0 radical (unpaired) electrons. The molecule has 1 aliphatic heterocycles. The van der Waals surface area contributed by atoms with Crippen LogP contribution < -0.4 is 10.8 Å². The van der Waals surface area contributed by atoms with Crippen LogP contribution in [-0.2, 0) is 24.3 Å². The lowest BCUT2D eigenvalue weighted by atomic mass is 9.78. The van der Waals surface area contributed by atoms with E-state index in [9.17, 15) is 9.59 Å². The highest BCUT2D eigenvalue weighted by Gasteiger charge is 2.51. The molecule has 1 fully saturated rings. The normalized spacial score (nSPS) is 18.0. The highest BCUT2D eigenvalue weighted by atomic mass is 16.7. The Morgan fingerprint density at radius 1 is 0.909 bits per heavy atom. The second-order valence-corrected chi connectivity index (χ2v) is 10.5. The molecule has 1 heterocycles. The van der Waals surface area contributed by atoms with Gasteiger partial charge < -0.3 is 19.4 Å². The van der Waals surface area contributed by atoms with Gasteiger partial charge in [-0.2, -0.15) is 0 Å². The van der Waals surface area contributed by atoms with Gasteiger partial charge in [0.15, 0.2) is 6.04 Å². The van der Waals surface area contributed by atoms with Gasteiger partial charge in [0.2, 0.25) is 0 Å². The summed E-state index contributed by atoms with van der Waals surface area (Å²) in [5, 5.41) is 2.80. The molecule has 0 aromatic heterocycles. The summed E-state index contributed by atoms with van der Waals surface area (Å²) in [5.74, 6) is -0.890. The lowest BCUT2D eigenvalue weighted by molar-refractivity contribution is -0.143. The van der Waals surface area contributed by atoms with Crippen LogP contribution in [0.5, 0.6) is 0 Å². The second-order valence-electron chi connectivity index (χ2n) is 10.5. The minimum Gasteiger partial charge on any atom is -0.467 e. The fourth-order valence-corrected chi connectivity index (χ4v) is 3.56. The van der Waals surface area contributed by atoms with Crippen LogP contribution >= 0.6 is 0 Å². The molecule has 6 nitrogen and oxygen atoms in total. The van der Waals surface area contributed by atoms with Crippen molar-refractivity contribution in [1.29, 1.82) is 0 Å². The molecule has 7 heteroatoms. The quantitative estimate of drug-likeness (QED) is 0.551. The molecule has 1 amide bonds. The van der Waals surface area contributed by atoms with Crippen LogP contribution in [0.4, 0.5) is 0 Å². The average Bonchev–Trinajstić information content (AvgIpc) is 2.98. The van der Waals surface area contributed by atoms with Crippen molar-refractivity contribution in [2.45, 2.75) is 71.1 Å². The molecule has 1 aliphatic rings. The third-order valence-electron chi connectivity index (χ3n) is 6.52. The first kappa shape index (κ1) is 25.0. The van der Waals surface area contributed by atoms with E-state index in [0.29, 0.717) is 11.1 Å². The number of amides is 1.